The number of carbonyl (C=O) groups excluding carboxylic acids is 1. The van der Waals surface area contributed by atoms with Crippen molar-refractivity contribution in [2.75, 3.05) is 13.2 Å². The topological polar surface area (TPSA) is 64.4 Å². The van der Waals surface area contributed by atoms with Crippen LogP contribution in [-0.4, -0.2) is 31.2 Å². The van der Waals surface area contributed by atoms with E-state index in [2.05, 4.69) is 12.2 Å². The van der Waals surface area contributed by atoms with Crippen LogP contribution in [0.5, 0.6) is 0 Å². The predicted octanol–water partition coefficient (Wildman–Crippen LogP) is 1.05. The molecule has 0 saturated carbocycles. The quantitative estimate of drug-likeness (QED) is 0.714. The third-order valence-electron chi connectivity index (χ3n) is 3.25. The number of rotatable bonds is 6. The Hall–Kier alpha value is -0.610. The average molecular weight is 228 g/mol. The van der Waals surface area contributed by atoms with E-state index in [0.717, 1.165) is 38.9 Å². The van der Waals surface area contributed by atoms with Crippen molar-refractivity contribution in [3.8, 4) is 0 Å². The number of nitrogens with two attached hydrogens (primary N) is 1. The lowest BCUT2D eigenvalue weighted by molar-refractivity contribution is -0.123. The maximum Gasteiger partial charge on any atom is 0.237 e. The molecule has 0 aromatic heterocycles. The van der Waals surface area contributed by atoms with Crippen LogP contribution in [0.3, 0.4) is 0 Å². The Morgan fingerprint density at radius 3 is 2.94 bits per heavy atom. The molecule has 3 N–H and O–H groups in total. The summed E-state index contributed by atoms with van der Waals surface area (Å²) >= 11 is 0. The molecule has 1 heterocycles. The molecule has 0 aromatic carbocycles. The summed E-state index contributed by atoms with van der Waals surface area (Å²) in [6, 6.07) is -0.188. The Labute approximate surface area is 97.9 Å². The molecule has 4 nitrogen and oxygen atoms in total. The normalized spacial score (nSPS) is 24.1. The second-order valence-corrected chi connectivity index (χ2v) is 4.67. The first kappa shape index (κ1) is 13.5. The van der Waals surface area contributed by atoms with Gasteiger partial charge in [-0.2, -0.15) is 0 Å². The Bertz CT molecular complexity index is 215. The van der Waals surface area contributed by atoms with Crippen molar-refractivity contribution in [3.05, 3.63) is 0 Å². The van der Waals surface area contributed by atoms with Crippen LogP contribution >= 0.6 is 0 Å². The second kappa shape index (κ2) is 6.86. The zero-order valence-electron chi connectivity index (χ0n) is 10.4. The van der Waals surface area contributed by atoms with Crippen LogP contribution in [0.1, 0.15) is 39.5 Å². The van der Waals surface area contributed by atoms with Crippen LogP contribution in [0, 0.1) is 5.92 Å². The van der Waals surface area contributed by atoms with E-state index in [-0.39, 0.29) is 18.0 Å². The molecule has 94 valence electrons. The van der Waals surface area contributed by atoms with Gasteiger partial charge in [0.2, 0.25) is 5.91 Å². The van der Waals surface area contributed by atoms with Crippen LogP contribution in [0.2, 0.25) is 0 Å². The lowest BCUT2D eigenvalue weighted by atomic mass is 10.00. The largest absolute Gasteiger partial charge is 0.381 e. The van der Waals surface area contributed by atoms with Crippen LogP contribution in [-0.2, 0) is 9.53 Å². The SMILES string of the molecule is CCCCC(N)C(=O)NC(C)C1CCOC1. The Kier molecular flexibility index (Phi) is 5.77. The monoisotopic (exact) mass is 228 g/mol. The number of hydrogen-bond donors (Lipinski definition) is 2. The van der Waals surface area contributed by atoms with Crippen molar-refractivity contribution in [1.82, 2.24) is 5.32 Å². The highest BCUT2D eigenvalue weighted by atomic mass is 16.5. The minimum Gasteiger partial charge on any atom is -0.381 e. The lowest BCUT2D eigenvalue weighted by Crippen LogP contribution is -2.47. The van der Waals surface area contributed by atoms with E-state index in [0.29, 0.717) is 5.92 Å². The zero-order chi connectivity index (χ0) is 12.0. The molecule has 1 amide bonds. The standard InChI is InChI=1S/C12H24N2O2/c1-3-4-5-11(13)12(15)14-9(2)10-6-7-16-8-10/h9-11H,3-8,13H2,1-2H3,(H,14,15). The fourth-order valence-electron chi connectivity index (χ4n) is 1.95. The minimum absolute atomic E-state index is 0.0205. The van der Waals surface area contributed by atoms with E-state index in [9.17, 15) is 4.79 Å². The summed E-state index contributed by atoms with van der Waals surface area (Å²) in [5.41, 5.74) is 5.81. The van der Waals surface area contributed by atoms with Gasteiger partial charge in [0.1, 0.15) is 0 Å². The van der Waals surface area contributed by atoms with Crippen molar-refractivity contribution in [3.63, 3.8) is 0 Å². The number of carbonyl (C=O) groups is 1. The molecule has 1 aliphatic heterocycles. The van der Waals surface area contributed by atoms with Gasteiger partial charge in [-0.05, 0) is 19.8 Å². The molecule has 3 atom stereocenters. The molecule has 0 aliphatic carbocycles. The summed E-state index contributed by atoms with van der Waals surface area (Å²) in [6.07, 6.45) is 3.89. The molecule has 16 heavy (non-hydrogen) atoms. The molecule has 1 rings (SSSR count). The number of nitrogens with one attached hydrogen (secondary N) is 1. The maximum absolute atomic E-state index is 11.7. The fraction of sp³-hybridized carbons (Fsp3) is 0.917. The van der Waals surface area contributed by atoms with Crippen LogP contribution in [0.15, 0.2) is 0 Å². The molecule has 1 aliphatic rings. The molecule has 1 saturated heterocycles. The second-order valence-electron chi connectivity index (χ2n) is 4.67. The van der Waals surface area contributed by atoms with Gasteiger partial charge in [0.25, 0.3) is 0 Å². The molecular weight excluding hydrogens is 204 g/mol. The van der Waals surface area contributed by atoms with Crippen molar-refractivity contribution < 1.29 is 9.53 Å². The fourth-order valence-corrected chi connectivity index (χ4v) is 1.95. The molecule has 4 heteroatoms. The Balaban J connectivity index is 2.26. The van der Waals surface area contributed by atoms with E-state index in [1.807, 2.05) is 6.92 Å². The highest BCUT2D eigenvalue weighted by Crippen LogP contribution is 2.16. The van der Waals surface area contributed by atoms with Gasteiger partial charge in [-0.1, -0.05) is 19.8 Å². The van der Waals surface area contributed by atoms with Crippen molar-refractivity contribution in [2.24, 2.45) is 11.7 Å². The molecule has 0 bridgehead atoms. The summed E-state index contributed by atoms with van der Waals surface area (Å²) in [5, 5.41) is 2.99. The third kappa shape index (κ3) is 4.10. The number of hydrogen-bond acceptors (Lipinski definition) is 3. The molecule has 0 radical (unpaired) electrons. The highest BCUT2D eigenvalue weighted by molar-refractivity contribution is 5.81. The van der Waals surface area contributed by atoms with Gasteiger partial charge in [0.05, 0.1) is 12.6 Å². The van der Waals surface area contributed by atoms with Gasteiger partial charge in [0.15, 0.2) is 0 Å². The van der Waals surface area contributed by atoms with Gasteiger partial charge in [0, 0.05) is 18.6 Å². The molecule has 3 unspecified atom stereocenters. The summed E-state index contributed by atoms with van der Waals surface area (Å²) in [4.78, 5) is 11.7. The van der Waals surface area contributed by atoms with Gasteiger partial charge >= 0.3 is 0 Å². The highest BCUT2D eigenvalue weighted by Gasteiger charge is 2.24. The van der Waals surface area contributed by atoms with Crippen LogP contribution in [0.25, 0.3) is 0 Å². The number of ether oxygens (including phenoxy) is 1. The summed E-state index contributed by atoms with van der Waals surface area (Å²) in [6.45, 7) is 5.70. The first-order valence-corrected chi connectivity index (χ1v) is 6.28. The van der Waals surface area contributed by atoms with Crippen molar-refractivity contribution >= 4 is 5.91 Å². The van der Waals surface area contributed by atoms with Gasteiger partial charge < -0.3 is 15.8 Å². The molecular formula is C12H24N2O2. The maximum atomic E-state index is 11.7. The van der Waals surface area contributed by atoms with Crippen molar-refractivity contribution in [2.45, 2.75) is 51.6 Å². The smallest absolute Gasteiger partial charge is 0.237 e. The minimum atomic E-state index is -0.357. The van der Waals surface area contributed by atoms with E-state index >= 15 is 0 Å². The summed E-state index contributed by atoms with van der Waals surface area (Å²) in [7, 11) is 0. The summed E-state index contributed by atoms with van der Waals surface area (Å²) < 4.78 is 5.30. The van der Waals surface area contributed by atoms with Crippen LogP contribution in [0.4, 0.5) is 0 Å². The molecule has 1 fully saturated rings. The van der Waals surface area contributed by atoms with Crippen LogP contribution < -0.4 is 11.1 Å². The summed E-state index contributed by atoms with van der Waals surface area (Å²) in [5.74, 6) is 0.426. The van der Waals surface area contributed by atoms with E-state index in [4.69, 9.17) is 10.5 Å². The van der Waals surface area contributed by atoms with Gasteiger partial charge in [-0.3, -0.25) is 4.79 Å². The number of unbranched alkanes of at least 4 members (excludes halogenated alkanes) is 1. The average Bonchev–Trinajstić information content (AvgIpc) is 2.79. The molecule has 0 spiro atoms. The van der Waals surface area contributed by atoms with E-state index in [1.165, 1.54) is 0 Å². The van der Waals surface area contributed by atoms with Crippen molar-refractivity contribution in [1.29, 1.82) is 0 Å². The molecule has 0 aromatic rings. The van der Waals surface area contributed by atoms with Gasteiger partial charge in [-0.15, -0.1) is 0 Å². The first-order valence-electron chi connectivity index (χ1n) is 6.28. The zero-order valence-corrected chi connectivity index (χ0v) is 10.4. The predicted molar refractivity (Wildman–Crippen MR) is 64.0 cm³/mol. The first-order chi connectivity index (χ1) is 7.65. The van der Waals surface area contributed by atoms with Gasteiger partial charge in [-0.25, -0.2) is 0 Å². The number of amides is 1. The Morgan fingerprint density at radius 1 is 1.62 bits per heavy atom. The van der Waals surface area contributed by atoms with E-state index in [1.54, 1.807) is 0 Å². The Morgan fingerprint density at radius 2 is 2.38 bits per heavy atom. The van der Waals surface area contributed by atoms with E-state index < -0.39 is 0 Å². The third-order valence-corrected chi connectivity index (χ3v) is 3.25. The lowest BCUT2D eigenvalue weighted by Gasteiger charge is -2.21.